The Morgan fingerprint density at radius 2 is 1.95 bits per heavy atom. The summed E-state index contributed by atoms with van der Waals surface area (Å²) >= 11 is 5.87. The zero-order chi connectivity index (χ0) is 28.7. The molecule has 4 aromatic rings. The number of rotatable bonds is 8. The van der Waals surface area contributed by atoms with Gasteiger partial charge in [0, 0.05) is 37.1 Å². The molecule has 2 aliphatic rings. The third kappa shape index (κ3) is 5.66. The highest BCUT2D eigenvalue weighted by atomic mass is 35.5. The second-order valence-electron chi connectivity index (χ2n) is 10.8. The number of aromatic nitrogens is 2. The molecule has 0 unspecified atom stereocenters. The van der Waals surface area contributed by atoms with Gasteiger partial charge in [0.1, 0.15) is 11.6 Å². The number of halogens is 2. The van der Waals surface area contributed by atoms with Gasteiger partial charge in [0.25, 0.3) is 0 Å². The van der Waals surface area contributed by atoms with E-state index in [0.717, 1.165) is 53.9 Å². The van der Waals surface area contributed by atoms with Crippen LogP contribution < -0.4 is 9.62 Å². The van der Waals surface area contributed by atoms with E-state index in [0.29, 0.717) is 18.7 Å². The number of hydrogen-bond donors (Lipinski definition) is 1. The van der Waals surface area contributed by atoms with Gasteiger partial charge in [-0.1, -0.05) is 48.0 Å². The number of amides is 1. The lowest BCUT2D eigenvalue weighted by molar-refractivity contribution is -0.120. The van der Waals surface area contributed by atoms with E-state index in [1.54, 1.807) is 11.1 Å². The number of carbonyl (C=O) groups is 1. The highest BCUT2D eigenvalue weighted by Gasteiger charge is 2.46. The molecule has 1 heterocycles. The molecular formula is C31H30ClFN4O3S. The first-order valence-electron chi connectivity index (χ1n) is 13.6. The van der Waals surface area contributed by atoms with E-state index in [1.165, 1.54) is 6.07 Å². The van der Waals surface area contributed by atoms with Gasteiger partial charge < -0.3 is 9.47 Å². The number of sulfonamides is 1. The normalized spacial score (nSPS) is 19.9. The molecule has 1 aromatic heterocycles. The molecule has 3 atom stereocenters. The Morgan fingerprint density at radius 1 is 1.15 bits per heavy atom. The fourth-order valence-electron chi connectivity index (χ4n) is 5.70. The van der Waals surface area contributed by atoms with E-state index < -0.39 is 21.9 Å². The number of nitrogens with one attached hydrogen (secondary N) is 1. The predicted octanol–water partition coefficient (Wildman–Crippen LogP) is 5.91. The van der Waals surface area contributed by atoms with Gasteiger partial charge >= 0.3 is 0 Å². The zero-order valence-electron chi connectivity index (χ0n) is 22.5. The molecule has 1 N–H and O–H groups in total. The Balaban J connectivity index is 1.32. The lowest BCUT2D eigenvalue weighted by Crippen LogP contribution is -2.34. The van der Waals surface area contributed by atoms with Gasteiger partial charge in [-0.15, -0.1) is 0 Å². The summed E-state index contributed by atoms with van der Waals surface area (Å²) in [5.74, 6) is 0.133. The summed E-state index contributed by atoms with van der Waals surface area (Å²) in [6.07, 6.45) is 6.55. The molecule has 1 saturated carbocycles. The van der Waals surface area contributed by atoms with Crippen LogP contribution in [0.4, 0.5) is 10.1 Å². The molecule has 1 amide bonds. The summed E-state index contributed by atoms with van der Waals surface area (Å²) in [6.45, 7) is 0.295. The van der Waals surface area contributed by atoms with Crippen LogP contribution in [0, 0.1) is 11.7 Å². The van der Waals surface area contributed by atoms with Crippen molar-refractivity contribution in [3.8, 4) is 0 Å². The Hall–Kier alpha value is -3.53. The zero-order valence-corrected chi connectivity index (χ0v) is 24.1. The molecule has 41 heavy (non-hydrogen) atoms. The van der Waals surface area contributed by atoms with E-state index in [9.17, 15) is 17.6 Å². The Kier molecular flexibility index (Phi) is 7.44. The van der Waals surface area contributed by atoms with Gasteiger partial charge in [0.15, 0.2) is 0 Å². The monoisotopic (exact) mass is 592 g/mol. The van der Waals surface area contributed by atoms with E-state index in [1.807, 2.05) is 54.2 Å². The lowest BCUT2D eigenvalue weighted by Gasteiger charge is -2.29. The average Bonchev–Trinajstić information content (AvgIpc) is 3.67. The maximum atomic E-state index is 14.0. The molecule has 1 fully saturated rings. The van der Waals surface area contributed by atoms with Crippen molar-refractivity contribution in [2.24, 2.45) is 13.0 Å². The van der Waals surface area contributed by atoms with Crippen LogP contribution in [0.25, 0.3) is 0 Å². The highest BCUT2D eigenvalue weighted by molar-refractivity contribution is 7.89. The third-order valence-electron chi connectivity index (χ3n) is 8.08. The summed E-state index contributed by atoms with van der Waals surface area (Å²) in [4.78, 5) is 20.1. The number of carbonyl (C=O) groups excluding carboxylic acids is 1. The largest absolute Gasteiger partial charge is 0.337 e. The number of fused-ring (bicyclic) bond motifs is 1. The standard InChI is InChI=1S/C31H30ClFN4O3S/c1-36-15-14-34-30(36)19-37(31(38)26-18-24(26)20-6-3-2-4-7-20)22-11-10-21-8-5-9-29(25(21)16-22)35-41(39,40)23-12-13-28(33)27(32)17-23/h2-4,6-7,10-17,24,26,29,35H,5,8-9,18-19H2,1H3/t24-,26+,29-/m0/s1. The van der Waals surface area contributed by atoms with Crippen LogP contribution in [-0.2, 0) is 34.8 Å². The predicted molar refractivity (Wildman–Crippen MR) is 156 cm³/mol. The maximum Gasteiger partial charge on any atom is 0.241 e. The summed E-state index contributed by atoms with van der Waals surface area (Å²) < 4.78 is 44.9. The summed E-state index contributed by atoms with van der Waals surface area (Å²) in [5.41, 5.74) is 3.72. The molecular weight excluding hydrogens is 563 g/mol. The number of aryl methyl sites for hydroxylation is 2. The van der Waals surface area contributed by atoms with Gasteiger partial charge in [-0.05, 0) is 78.6 Å². The molecule has 0 aliphatic heterocycles. The molecule has 0 bridgehead atoms. The summed E-state index contributed by atoms with van der Waals surface area (Å²) in [6, 6.07) is 18.8. The van der Waals surface area contributed by atoms with Crippen LogP contribution in [0.1, 0.15) is 53.7 Å². The molecule has 6 rings (SSSR count). The minimum Gasteiger partial charge on any atom is -0.337 e. The fourth-order valence-corrected chi connectivity index (χ4v) is 7.22. The van der Waals surface area contributed by atoms with Crippen LogP contribution in [0.5, 0.6) is 0 Å². The van der Waals surface area contributed by atoms with Crippen molar-refractivity contribution in [3.63, 3.8) is 0 Å². The minimum absolute atomic E-state index is 0.0238. The van der Waals surface area contributed by atoms with E-state index in [2.05, 4.69) is 21.8 Å². The van der Waals surface area contributed by atoms with E-state index in [4.69, 9.17) is 11.6 Å². The van der Waals surface area contributed by atoms with Crippen LogP contribution >= 0.6 is 11.6 Å². The quantitative estimate of drug-likeness (QED) is 0.276. The van der Waals surface area contributed by atoms with Crippen molar-refractivity contribution in [1.29, 1.82) is 0 Å². The van der Waals surface area contributed by atoms with Gasteiger partial charge in [-0.3, -0.25) is 4.79 Å². The van der Waals surface area contributed by atoms with Crippen molar-refractivity contribution in [2.75, 3.05) is 4.90 Å². The molecule has 3 aromatic carbocycles. The summed E-state index contributed by atoms with van der Waals surface area (Å²) in [5, 5.41) is -0.253. The first kappa shape index (κ1) is 27.6. The van der Waals surface area contributed by atoms with Gasteiger partial charge in [-0.2, -0.15) is 0 Å². The summed E-state index contributed by atoms with van der Waals surface area (Å²) in [7, 11) is -2.08. The minimum atomic E-state index is -3.97. The molecule has 0 saturated heterocycles. The molecule has 2 aliphatic carbocycles. The van der Waals surface area contributed by atoms with Crippen LogP contribution in [0.3, 0.4) is 0 Å². The second kappa shape index (κ2) is 11.0. The van der Waals surface area contributed by atoms with Crippen molar-refractivity contribution in [3.05, 3.63) is 112 Å². The third-order valence-corrected chi connectivity index (χ3v) is 9.84. The Morgan fingerprint density at radius 3 is 2.68 bits per heavy atom. The molecule has 10 heteroatoms. The molecule has 7 nitrogen and oxygen atoms in total. The number of hydrogen-bond acceptors (Lipinski definition) is 4. The molecule has 212 valence electrons. The average molecular weight is 593 g/mol. The van der Waals surface area contributed by atoms with Crippen molar-refractivity contribution < 1.29 is 17.6 Å². The number of anilines is 1. The Bertz CT molecular complexity index is 1710. The molecule has 0 radical (unpaired) electrons. The first-order valence-corrected chi connectivity index (χ1v) is 15.5. The molecule has 0 spiro atoms. The van der Waals surface area contributed by atoms with Gasteiger partial charge in [0.05, 0.1) is 16.5 Å². The van der Waals surface area contributed by atoms with Crippen molar-refractivity contribution in [2.45, 2.75) is 49.1 Å². The van der Waals surface area contributed by atoms with Crippen LogP contribution in [-0.4, -0.2) is 23.9 Å². The lowest BCUT2D eigenvalue weighted by atomic mass is 9.87. The van der Waals surface area contributed by atoms with Gasteiger partial charge in [0.2, 0.25) is 15.9 Å². The second-order valence-corrected chi connectivity index (χ2v) is 12.9. The van der Waals surface area contributed by atoms with Crippen LogP contribution in [0.2, 0.25) is 5.02 Å². The number of nitrogens with zero attached hydrogens (tertiary/aromatic N) is 3. The topological polar surface area (TPSA) is 84.3 Å². The van der Waals surface area contributed by atoms with E-state index >= 15 is 0 Å². The van der Waals surface area contributed by atoms with Crippen molar-refractivity contribution >= 4 is 33.2 Å². The number of benzene rings is 3. The fraction of sp³-hybridized carbons (Fsp3) is 0.290. The maximum absolute atomic E-state index is 14.0. The SMILES string of the molecule is Cn1ccnc1CN(C(=O)[C@@H]1C[C@H]1c1ccccc1)c1ccc2c(c1)[C@@H](NS(=O)(=O)c1ccc(F)c(Cl)c1)CCC2. The first-order chi connectivity index (χ1) is 19.7. The Labute approximate surface area is 244 Å². The van der Waals surface area contributed by atoms with Crippen LogP contribution in [0.15, 0.2) is 84.0 Å². The van der Waals surface area contributed by atoms with Crippen molar-refractivity contribution in [1.82, 2.24) is 14.3 Å². The highest BCUT2D eigenvalue weighted by Crippen LogP contribution is 2.49. The van der Waals surface area contributed by atoms with E-state index in [-0.39, 0.29) is 27.7 Å². The smallest absolute Gasteiger partial charge is 0.241 e. The number of imidazole rings is 1. The van der Waals surface area contributed by atoms with Gasteiger partial charge in [-0.25, -0.2) is 22.5 Å².